The zero-order chi connectivity index (χ0) is 16.9. The molecule has 1 aliphatic rings. The molecule has 2 N–H and O–H groups in total. The Hall–Kier alpha value is -1.96. The Labute approximate surface area is 146 Å². The van der Waals surface area contributed by atoms with Gasteiger partial charge in [-0.2, -0.15) is 0 Å². The zero-order valence-electron chi connectivity index (χ0n) is 14.6. The van der Waals surface area contributed by atoms with Crippen molar-refractivity contribution in [3.8, 4) is 0 Å². The molecule has 130 valence electrons. The van der Waals surface area contributed by atoms with E-state index in [1.54, 1.807) is 18.4 Å². The van der Waals surface area contributed by atoms with E-state index in [1.165, 1.54) is 22.7 Å². The van der Waals surface area contributed by atoms with E-state index in [0.29, 0.717) is 6.54 Å². The van der Waals surface area contributed by atoms with E-state index < -0.39 is 0 Å². The highest BCUT2D eigenvalue weighted by atomic mass is 32.1. The summed E-state index contributed by atoms with van der Waals surface area (Å²) in [7, 11) is 1.78. The van der Waals surface area contributed by atoms with Crippen LogP contribution in [0.15, 0.2) is 4.99 Å². The lowest BCUT2D eigenvalue weighted by atomic mass is 10.2. The van der Waals surface area contributed by atoms with E-state index in [0.717, 1.165) is 49.2 Å². The van der Waals surface area contributed by atoms with Crippen molar-refractivity contribution in [1.29, 1.82) is 0 Å². The first kappa shape index (κ1) is 16.9. The standard InChI is InChI=1S/C16H25N7S/c1-11-12(2)24-15(20-11)7-8-18-16(17-3)19-10-14-22-21-13-6-4-5-9-23(13)14/h4-10H2,1-3H3,(H2,17,18,19). The molecule has 7 nitrogen and oxygen atoms in total. The number of fused-ring (bicyclic) bond motifs is 1. The maximum absolute atomic E-state index is 4.56. The number of aliphatic imine (C=N–C) groups is 1. The number of aromatic nitrogens is 4. The maximum atomic E-state index is 4.56. The Morgan fingerprint density at radius 1 is 1.25 bits per heavy atom. The average molecular weight is 347 g/mol. The van der Waals surface area contributed by atoms with Gasteiger partial charge in [0.2, 0.25) is 0 Å². The molecule has 0 bridgehead atoms. The first-order valence-corrected chi connectivity index (χ1v) is 9.27. The largest absolute Gasteiger partial charge is 0.356 e. The van der Waals surface area contributed by atoms with Crippen molar-refractivity contribution in [2.45, 2.75) is 52.6 Å². The number of aryl methyl sites for hydroxylation is 3. The summed E-state index contributed by atoms with van der Waals surface area (Å²) in [6.07, 6.45) is 4.36. The van der Waals surface area contributed by atoms with Crippen LogP contribution < -0.4 is 10.6 Å². The Morgan fingerprint density at radius 3 is 2.88 bits per heavy atom. The molecule has 2 aromatic rings. The highest BCUT2D eigenvalue weighted by molar-refractivity contribution is 7.11. The summed E-state index contributed by atoms with van der Waals surface area (Å²) in [5.41, 5.74) is 1.13. The van der Waals surface area contributed by atoms with Crippen molar-refractivity contribution >= 4 is 17.3 Å². The van der Waals surface area contributed by atoms with Gasteiger partial charge >= 0.3 is 0 Å². The molecule has 1 aliphatic heterocycles. The van der Waals surface area contributed by atoms with Crippen molar-refractivity contribution < 1.29 is 0 Å². The highest BCUT2D eigenvalue weighted by Crippen LogP contribution is 2.16. The molecule has 2 aromatic heterocycles. The topological polar surface area (TPSA) is 80.0 Å². The van der Waals surface area contributed by atoms with E-state index in [4.69, 9.17) is 0 Å². The molecule has 0 aromatic carbocycles. The van der Waals surface area contributed by atoms with Gasteiger partial charge in [-0.3, -0.25) is 4.99 Å². The summed E-state index contributed by atoms with van der Waals surface area (Å²) in [6, 6.07) is 0. The molecular formula is C16H25N7S. The van der Waals surface area contributed by atoms with Crippen LogP contribution in [0.25, 0.3) is 0 Å². The predicted octanol–water partition coefficient (Wildman–Crippen LogP) is 1.60. The minimum atomic E-state index is 0.641. The second kappa shape index (κ2) is 7.74. The van der Waals surface area contributed by atoms with Crippen LogP contribution in [0.4, 0.5) is 0 Å². The number of hydrogen-bond donors (Lipinski definition) is 2. The minimum absolute atomic E-state index is 0.641. The van der Waals surface area contributed by atoms with Crippen LogP contribution in [0.5, 0.6) is 0 Å². The van der Waals surface area contributed by atoms with Gasteiger partial charge in [0.1, 0.15) is 5.82 Å². The van der Waals surface area contributed by atoms with Gasteiger partial charge in [0, 0.05) is 37.9 Å². The predicted molar refractivity (Wildman–Crippen MR) is 96.5 cm³/mol. The molecule has 0 radical (unpaired) electrons. The average Bonchev–Trinajstić information content (AvgIpc) is 3.14. The van der Waals surface area contributed by atoms with Gasteiger partial charge in [0.05, 0.1) is 17.2 Å². The number of guanidine groups is 1. The van der Waals surface area contributed by atoms with E-state index in [-0.39, 0.29) is 0 Å². The second-order valence-corrected chi connectivity index (χ2v) is 7.28. The summed E-state index contributed by atoms with van der Waals surface area (Å²) >= 11 is 1.77. The van der Waals surface area contributed by atoms with Crippen molar-refractivity contribution in [2.24, 2.45) is 4.99 Å². The highest BCUT2D eigenvalue weighted by Gasteiger charge is 2.15. The van der Waals surface area contributed by atoms with Crippen molar-refractivity contribution in [2.75, 3.05) is 13.6 Å². The third-order valence-electron chi connectivity index (χ3n) is 4.28. The van der Waals surface area contributed by atoms with Crippen molar-refractivity contribution in [3.63, 3.8) is 0 Å². The van der Waals surface area contributed by atoms with Crippen LogP contribution >= 0.6 is 11.3 Å². The van der Waals surface area contributed by atoms with Gasteiger partial charge in [-0.15, -0.1) is 21.5 Å². The zero-order valence-corrected chi connectivity index (χ0v) is 15.4. The van der Waals surface area contributed by atoms with E-state index in [9.17, 15) is 0 Å². The van der Waals surface area contributed by atoms with Crippen LogP contribution in [-0.4, -0.2) is 39.3 Å². The van der Waals surface area contributed by atoms with Gasteiger partial charge in [-0.25, -0.2) is 4.98 Å². The molecule has 0 unspecified atom stereocenters. The van der Waals surface area contributed by atoms with Crippen LogP contribution in [-0.2, 0) is 25.9 Å². The molecular weight excluding hydrogens is 322 g/mol. The number of hydrogen-bond acceptors (Lipinski definition) is 5. The van der Waals surface area contributed by atoms with Crippen molar-refractivity contribution in [1.82, 2.24) is 30.4 Å². The van der Waals surface area contributed by atoms with Gasteiger partial charge in [-0.1, -0.05) is 0 Å². The first-order valence-electron chi connectivity index (χ1n) is 8.45. The number of rotatable bonds is 5. The summed E-state index contributed by atoms with van der Waals surface area (Å²) in [4.78, 5) is 10.1. The Balaban J connectivity index is 1.47. The normalized spacial score (nSPS) is 14.5. The van der Waals surface area contributed by atoms with E-state index >= 15 is 0 Å². The second-order valence-electron chi connectivity index (χ2n) is 5.99. The van der Waals surface area contributed by atoms with Gasteiger partial charge < -0.3 is 15.2 Å². The third-order valence-corrected chi connectivity index (χ3v) is 5.41. The third kappa shape index (κ3) is 3.92. The molecule has 24 heavy (non-hydrogen) atoms. The summed E-state index contributed by atoms with van der Waals surface area (Å²) in [5.74, 6) is 2.88. The van der Waals surface area contributed by atoms with E-state index in [2.05, 4.69) is 49.2 Å². The number of nitrogens with one attached hydrogen (secondary N) is 2. The number of thiazole rings is 1. The summed E-state index contributed by atoms with van der Waals surface area (Å²) < 4.78 is 2.23. The smallest absolute Gasteiger partial charge is 0.191 e. The number of nitrogens with zero attached hydrogens (tertiary/aromatic N) is 5. The quantitative estimate of drug-likeness (QED) is 0.634. The van der Waals surface area contributed by atoms with Gasteiger partial charge in [-0.05, 0) is 26.7 Å². The van der Waals surface area contributed by atoms with Crippen LogP contribution in [0, 0.1) is 13.8 Å². The molecule has 8 heteroatoms. The Morgan fingerprint density at radius 2 is 2.12 bits per heavy atom. The molecule has 0 atom stereocenters. The van der Waals surface area contributed by atoms with Gasteiger partial charge in [0.15, 0.2) is 11.8 Å². The molecule has 0 spiro atoms. The van der Waals surface area contributed by atoms with Crippen LogP contribution in [0.2, 0.25) is 0 Å². The minimum Gasteiger partial charge on any atom is -0.356 e. The lowest BCUT2D eigenvalue weighted by Crippen LogP contribution is -2.38. The fourth-order valence-electron chi connectivity index (χ4n) is 2.82. The molecule has 3 heterocycles. The fraction of sp³-hybridized carbons (Fsp3) is 0.625. The molecule has 3 rings (SSSR count). The summed E-state index contributed by atoms with van der Waals surface area (Å²) in [5, 5.41) is 16.4. The Bertz CT molecular complexity index is 697. The monoisotopic (exact) mass is 347 g/mol. The van der Waals surface area contributed by atoms with Gasteiger partial charge in [0.25, 0.3) is 0 Å². The fourth-order valence-corrected chi connectivity index (χ4v) is 3.75. The molecule has 0 saturated carbocycles. The van der Waals surface area contributed by atoms with E-state index in [1.807, 2.05) is 0 Å². The van der Waals surface area contributed by atoms with Crippen LogP contribution in [0.1, 0.15) is 40.1 Å². The van der Waals surface area contributed by atoms with Crippen molar-refractivity contribution in [3.05, 3.63) is 27.2 Å². The summed E-state index contributed by atoms with van der Waals surface area (Å²) in [6.45, 7) is 6.65. The SMILES string of the molecule is CN=C(NCCc1nc(C)c(C)s1)NCc1nnc2n1CCCC2. The molecule has 0 amide bonds. The Kier molecular flexibility index (Phi) is 5.44. The maximum Gasteiger partial charge on any atom is 0.191 e. The molecule has 0 fully saturated rings. The first-order chi connectivity index (χ1) is 11.7. The lowest BCUT2D eigenvalue weighted by Gasteiger charge is -2.16. The van der Waals surface area contributed by atoms with Crippen LogP contribution in [0.3, 0.4) is 0 Å². The lowest BCUT2D eigenvalue weighted by molar-refractivity contribution is 0.504. The molecule has 0 aliphatic carbocycles. The molecule has 0 saturated heterocycles.